The molecule has 2 aliphatic rings. The van der Waals surface area contributed by atoms with Gasteiger partial charge in [-0.15, -0.1) is 0 Å². The minimum absolute atomic E-state index is 0.126. The molecule has 1 aliphatic heterocycles. The van der Waals surface area contributed by atoms with Gasteiger partial charge in [-0.3, -0.25) is 14.3 Å². The minimum Gasteiger partial charge on any atom is -0.411 e. The second-order valence-electron chi connectivity index (χ2n) is 9.19. The molecule has 1 saturated heterocycles. The number of rotatable bonds is 8. The van der Waals surface area contributed by atoms with Crippen molar-refractivity contribution in [2.24, 2.45) is 11.1 Å². The minimum atomic E-state index is -0.126. The number of fused-ring (bicyclic) bond motifs is 1. The monoisotopic (exact) mass is 468 g/mol. The fraction of sp³-hybridized carbons (Fsp3) is 0.600. The third-order valence-corrected chi connectivity index (χ3v) is 6.88. The number of oxime groups is 1. The van der Waals surface area contributed by atoms with Crippen LogP contribution in [-0.2, 0) is 11.3 Å². The van der Waals surface area contributed by atoms with E-state index < -0.39 is 0 Å². The Labute approximate surface area is 200 Å². The molecule has 184 valence electrons. The SMILES string of the molecule is C/C=C(/C(C)=N\O)c1ccc2nc(NCCN3CCOCC3)c(=O)n(CC3CCCCC3)c2n1. The van der Waals surface area contributed by atoms with Gasteiger partial charge in [0.25, 0.3) is 5.56 Å². The van der Waals surface area contributed by atoms with E-state index in [1.807, 2.05) is 25.1 Å². The summed E-state index contributed by atoms with van der Waals surface area (Å²) in [6.07, 6.45) is 7.81. The van der Waals surface area contributed by atoms with E-state index >= 15 is 0 Å². The van der Waals surface area contributed by atoms with Crippen LogP contribution in [0.3, 0.4) is 0 Å². The highest BCUT2D eigenvalue weighted by atomic mass is 16.5. The van der Waals surface area contributed by atoms with Gasteiger partial charge in [0.1, 0.15) is 5.52 Å². The Morgan fingerprint density at radius 1 is 1.24 bits per heavy atom. The first kappa shape index (κ1) is 24.3. The molecule has 0 spiro atoms. The summed E-state index contributed by atoms with van der Waals surface area (Å²) in [5.74, 6) is 0.844. The van der Waals surface area contributed by atoms with Gasteiger partial charge in [0.2, 0.25) is 0 Å². The van der Waals surface area contributed by atoms with Gasteiger partial charge >= 0.3 is 0 Å². The number of hydrogen-bond acceptors (Lipinski definition) is 8. The van der Waals surface area contributed by atoms with Gasteiger partial charge in [-0.2, -0.15) is 0 Å². The highest BCUT2D eigenvalue weighted by Gasteiger charge is 2.20. The van der Waals surface area contributed by atoms with Crippen molar-refractivity contribution in [3.63, 3.8) is 0 Å². The highest BCUT2D eigenvalue weighted by molar-refractivity contribution is 6.22. The van der Waals surface area contributed by atoms with Crippen LogP contribution in [0.15, 0.2) is 28.2 Å². The number of nitrogens with zero attached hydrogens (tertiary/aromatic N) is 5. The van der Waals surface area contributed by atoms with Crippen molar-refractivity contribution in [2.75, 3.05) is 44.7 Å². The molecule has 2 aromatic heterocycles. The number of pyridine rings is 1. The third-order valence-electron chi connectivity index (χ3n) is 6.88. The molecule has 1 saturated carbocycles. The largest absolute Gasteiger partial charge is 0.411 e. The summed E-state index contributed by atoms with van der Waals surface area (Å²) >= 11 is 0. The molecule has 2 fully saturated rings. The van der Waals surface area contributed by atoms with Crippen molar-refractivity contribution in [2.45, 2.75) is 52.5 Å². The Morgan fingerprint density at radius 3 is 2.71 bits per heavy atom. The smallest absolute Gasteiger partial charge is 0.294 e. The van der Waals surface area contributed by atoms with Gasteiger partial charge in [0.15, 0.2) is 11.5 Å². The molecule has 4 rings (SSSR count). The lowest BCUT2D eigenvalue weighted by Crippen LogP contribution is -2.39. The molecule has 34 heavy (non-hydrogen) atoms. The standard InChI is InChI=1S/C25H36N6O3/c1-3-20(18(2)29-33)21-9-10-22-24(28-21)31(17-19-7-5-4-6-8-19)25(32)23(27-22)26-11-12-30-13-15-34-16-14-30/h3,9-10,19,33H,4-8,11-17H2,1-2H3,(H,26,27)/b20-3-,29-18-. The number of morpholine rings is 1. The zero-order valence-electron chi connectivity index (χ0n) is 20.3. The fourth-order valence-electron chi connectivity index (χ4n) is 4.93. The average molecular weight is 469 g/mol. The highest BCUT2D eigenvalue weighted by Crippen LogP contribution is 2.26. The van der Waals surface area contributed by atoms with Crippen molar-refractivity contribution in [1.82, 2.24) is 19.4 Å². The van der Waals surface area contributed by atoms with Gasteiger partial charge < -0.3 is 15.3 Å². The number of ether oxygens (including phenoxy) is 1. The maximum absolute atomic E-state index is 13.6. The second kappa shape index (κ2) is 11.6. The lowest BCUT2D eigenvalue weighted by molar-refractivity contribution is 0.0398. The molecule has 9 nitrogen and oxygen atoms in total. The molecule has 0 amide bonds. The molecule has 2 N–H and O–H groups in total. The summed E-state index contributed by atoms with van der Waals surface area (Å²) in [5, 5.41) is 15.9. The van der Waals surface area contributed by atoms with Gasteiger partial charge in [-0.1, -0.05) is 30.5 Å². The molecular formula is C25H36N6O3. The third kappa shape index (κ3) is 5.64. The first-order chi connectivity index (χ1) is 16.6. The van der Waals surface area contributed by atoms with Gasteiger partial charge in [-0.05, 0) is 44.7 Å². The van der Waals surface area contributed by atoms with E-state index in [1.54, 1.807) is 11.5 Å². The van der Waals surface area contributed by atoms with Crippen LogP contribution in [0.5, 0.6) is 0 Å². The lowest BCUT2D eigenvalue weighted by atomic mass is 9.89. The Balaban J connectivity index is 1.67. The van der Waals surface area contributed by atoms with Gasteiger partial charge in [0, 0.05) is 38.3 Å². The molecular weight excluding hydrogens is 432 g/mol. The van der Waals surface area contributed by atoms with Crippen LogP contribution in [0.25, 0.3) is 16.7 Å². The van der Waals surface area contributed by atoms with Crippen LogP contribution in [0.1, 0.15) is 51.6 Å². The molecule has 3 heterocycles. The normalized spacial score (nSPS) is 19.0. The zero-order chi connectivity index (χ0) is 23.9. The van der Waals surface area contributed by atoms with Crippen LogP contribution in [0.4, 0.5) is 5.82 Å². The molecule has 0 unspecified atom stereocenters. The number of nitrogens with one attached hydrogen (secondary N) is 1. The lowest BCUT2D eigenvalue weighted by Gasteiger charge is -2.26. The summed E-state index contributed by atoms with van der Waals surface area (Å²) < 4.78 is 7.22. The van der Waals surface area contributed by atoms with Crippen LogP contribution in [-0.4, -0.2) is 69.7 Å². The predicted molar refractivity (Wildman–Crippen MR) is 135 cm³/mol. The van der Waals surface area contributed by atoms with Crippen LogP contribution in [0.2, 0.25) is 0 Å². The van der Waals surface area contributed by atoms with E-state index in [9.17, 15) is 10.0 Å². The van der Waals surface area contributed by atoms with Crippen LogP contribution in [0, 0.1) is 5.92 Å². The summed E-state index contributed by atoms with van der Waals surface area (Å²) in [6, 6.07) is 3.77. The Hall–Kier alpha value is -2.78. The first-order valence-electron chi connectivity index (χ1n) is 12.4. The van der Waals surface area contributed by atoms with Crippen molar-refractivity contribution < 1.29 is 9.94 Å². The number of hydrogen-bond donors (Lipinski definition) is 2. The van der Waals surface area contributed by atoms with E-state index in [-0.39, 0.29) is 5.56 Å². The van der Waals surface area contributed by atoms with E-state index in [0.29, 0.717) is 47.4 Å². The molecule has 0 bridgehead atoms. The van der Waals surface area contributed by atoms with E-state index in [2.05, 4.69) is 20.4 Å². The molecule has 1 aliphatic carbocycles. The van der Waals surface area contributed by atoms with Crippen molar-refractivity contribution >= 4 is 28.3 Å². The first-order valence-corrected chi connectivity index (χ1v) is 12.4. The van der Waals surface area contributed by atoms with Crippen molar-refractivity contribution in [3.05, 3.63) is 34.3 Å². The summed E-state index contributed by atoms with van der Waals surface area (Å²) in [4.78, 5) is 25.4. The fourth-order valence-corrected chi connectivity index (χ4v) is 4.93. The van der Waals surface area contributed by atoms with Crippen LogP contribution < -0.4 is 10.9 Å². The van der Waals surface area contributed by atoms with E-state index in [4.69, 9.17) is 9.72 Å². The molecule has 9 heteroatoms. The number of allylic oxidation sites excluding steroid dienone is 2. The Morgan fingerprint density at radius 2 is 2.00 bits per heavy atom. The Kier molecular flexibility index (Phi) is 8.29. The average Bonchev–Trinajstić information content (AvgIpc) is 2.88. The second-order valence-corrected chi connectivity index (χ2v) is 9.19. The Bertz CT molecular complexity index is 1100. The quantitative estimate of drug-likeness (QED) is 0.348. The topological polar surface area (TPSA) is 105 Å². The molecule has 0 atom stereocenters. The zero-order valence-corrected chi connectivity index (χ0v) is 20.3. The summed E-state index contributed by atoms with van der Waals surface area (Å²) in [5.41, 5.74) is 3.01. The van der Waals surface area contributed by atoms with E-state index in [1.165, 1.54) is 19.3 Å². The molecule has 0 aromatic carbocycles. The number of aromatic nitrogens is 3. The predicted octanol–water partition coefficient (Wildman–Crippen LogP) is 3.37. The maximum Gasteiger partial charge on any atom is 0.294 e. The summed E-state index contributed by atoms with van der Waals surface area (Å²) in [6.45, 7) is 9.08. The number of anilines is 1. The van der Waals surface area contributed by atoms with Gasteiger partial charge in [0.05, 0.1) is 24.6 Å². The molecule has 2 aromatic rings. The van der Waals surface area contributed by atoms with Crippen LogP contribution >= 0.6 is 0 Å². The van der Waals surface area contributed by atoms with Crippen molar-refractivity contribution in [3.8, 4) is 0 Å². The summed E-state index contributed by atoms with van der Waals surface area (Å²) in [7, 11) is 0. The maximum atomic E-state index is 13.6. The van der Waals surface area contributed by atoms with E-state index in [0.717, 1.165) is 51.3 Å². The van der Waals surface area contributed by atoms with Crippen molar-refractivity contribution in [1.29, 1.82) is 0 Å². The van der Waals surface area contributed by atoms with Gasteiger partial charge in [-0.25, -0.2) is 9.97 Å². The molecule has 0 radical (unpaired) electrons.